The second kappa shape index (κ2) is 7.33. The van der Waals surface area contributed by atoms with Crippen molar-refractivity contribution in [3.05, 3.63) is 77.4 Å². The van der Waals surface area contributed by atoms with Crippen LogP contribution in [0.1, 0.15) is 24.0 Å². The van der Waals surface area contributed by atoms with E-state index in [1.165, 1.54) is 43.6 Å². The minimum atomic E-state index is 0.732. The van der Waals surface area contributed by atoms with Crippen molar-refractivity contribution in [2.45, 2.75) is 25.4 Å². The number of fused-ring (bicyclic) bond motifs is 1. The molecule has 1 atom stereocenters. The fourth-order valence-corrected chi connectivity index (χ4v) is 4.02. The molecule has 0 aliphatic carbocycles. The Morgan fingerprint density at radius 3 is 2.46 bits per heavy atom. The molecule has 0 saturated carbocycles. The highest BCUT2D eigenvalue weighted by molar-refractivity contribution is 5.53. The molecule has 2 aliphatic rings. The predicted molar refractivity (Wildman–Crippen MR) is 101 cm³/mol. The molecule has 1 unspecified atom stereocenters. The van der Waals surface area contributed by atoms with E-state index in [1.807, 2.05) is 0 Å². The monoisotopic (exact) mass is 318 g/mol. The summed E-state index contributed by atoms with van der Waals surface area (Å²) in [6.45, 7) is 5.85. The summed E-state index contributed by atoms with van der Waals surface area (Å²) < 4.78 is 0. The first-order valence-corrected chi connectivity index (χ1v) is 9.12. The lowest BCUT2D eigenvalue weighted by Crippen LogP contribution is -2.54. The van der Waals surface area contributed by atoms with Gasteiger partial charge in [0.25, 0.3) is 0 Å². The van der Waals surface area contributed by atoms with E-state index < -0.39 is 0 Å². The van der Waals surface area contributed by atoms with Gasteiger partial charge in [-0.2, -0.15) is 0 Å². The maximum absolute atomic E-state index is 2.69. The zero-order valence-electron chi connectivity index (χ0n) is 14.3. The van der Waals surface area contributed by atoms with Crippen LogP contribution in [0.5, 0.6) is 0 Å². The molecule has 2 heteroatoms. The first-order chi connectivity index (χ1) is 11.9. The quantitative estimate of drug-likeness (QED) is 0.842. The highest BCUT2D eigenvalue weighted by Crippen LogP contribution is 2.26. The van der Waals surface area contributed by atoms with E-state index in [4.69, 9.17) is 0 Å². The Morgan fingerprint density at radius 2 is 1.67 bits per heavy atom. The Morgan fingerprint density at radius 1 is 0.917 bits per heavy atom. The summed E-state index contributed by atoms with van der Waals surface area (Å²) in [4.78, 5) is 5.32. The number of piperidine rings is 1. The molecule has 0 amide bonds. The van der Waals surface area contributed by atoms with E-state index in [-0.39, 0.29) is 0 Å². The van der Waals surface area contributed by atoms with Gasteiger partial charge in [0.15, 0.2) is 0 Å². The smallest absolute Gasteiger partial charge is 0.0234 e. The topological polar surface area (TPSA) is 6.48 Å². The van der Waals surface area contributed by atoms with Gasteiger partial charge in [-0.3, -0.25) is 9.80 Å². The summed E-state index contributed by atoms with van der Waals surface area (Å²) in [6.07, 6.45) is 4.94. The molecule has 0 radical (unpaired) electrons. The van der Waals surface area contributed by atoms with Crippen molar-refractivity contribution in [3.63, 3.8) is 0 Å². The Kier molecular flexibility index (Phi) is 4.77. The Bertz CT molecular complexity index is 678. The van der Waals surface area contributed by atoms with Crippen LogP contribution >= 0.6 is 0 Å². The lowest BCUT2D eigenvalue weighted by Gasteiger charge is -2.44. The molecule has 0 N–H and O–H groups in total. The number of nitrogens with zero attached hydrogens (tertiary/aromatic N) is 2. The fourth-order valence-electron chi connectivity index (χ4n) is 4.02. The minimum Gasteiger partial charge on any atom is -0.296 e. The Balaban J connectivity index is 1.36. The van der Waals surface area contributed by atoms with Crippen LogP contribution < -0.4 is 0 Å². The van der Waals surface area contributed by atoms with Gasteiger partial charge in [-0.1, -0.05) is 72.3 Å². The third-order valence-corrected chi connectivity index (χ3v) is 5.31. The van der Waals surface area contributed by atoms with Crippen molar-refractivity contribution in [3.8, 4) is 0 Å². The third kappa shape index (κ3) is 3.77. The summed E-state index contributed by atoms with van der Waals surface area (Å²) in [6, 6.07) is 22.4. The van der Waals surface area contributed by atoms with Crippen molar-refractivity contribution in [2.24, 2.45) is 0 Å². The SMILES string of the molecule is C(=C1\CCC2CN(Cc3ccccc3)CCN2C1)/c1ccccc1. The molecule has 0 spiro atoms. The number of hydrogen-bond donors (Lipinski definition) is 0. The van der Waals surface area contributed by atoms with Crippen molar-refractivity contribution in [1.82, 2.24) is 9.80 Å². The number of hydrogen-bond acceptors (Lipinski definition) is 2. The highest BCUT2D eigenvalue weighted by atomic mass is 15.3. The van der Waals surface area contributed by atoms with Gasteiger partial charge in [0.05, 0.1) is 0 Å². The van der Waals surface area contributed by atoms with Crippen molar-refractivity contribution < 1.29 is 0 Å². The molecule has 0 bridgehead atoms. The van der Waals surface area contributed by atoms with Crippen molar-refractivity contribution in [2.75, 3.05) is 26.2 Å². The molecule has 2 aromatic carbocycles. The van der Waals surface area contributed by atoms with E-state index in [0.717, 1.165) is 19.1 Å². The van der Waals surface area contributed by atoms with E-state index >= 15 is 0 Å². The summed E-state index contributed by atoms with van der Waals surface area (Å²) >= 11 is 0. The second-order valence-corrected chi connectivity index (χ2v) is 7.10. The van der Waals surface area contributed by atoms with Gasteiger partial charge in [0.1, 0.15) is 0 Å². The maximum Gasteiger partial charge on any atom is 0.0234 e. The van der Waals surface area contributed by atoms with Gasteiger partial charge in [0, 0.05) is 38.8 Å². The van der Waals surface area contributed by atoms with Gasteiger partial charge in [0.2, 0.25) is 0 Å². The van der Waals surface area contributed by atoms with Crippen LogP contribution in [0, 0.1) is 0 Å². The molecule has 2 heterocycles. The van der Waals surface area contributed by atoms with Gasteiger partial charge < -0.3 is 0 Å². The van der Waals surface area contributed by atoms with Gasteiger partial charge in [-0.15, -0.1) is 0 Å². The van der Waals surface area contributed by atoms with Crippen LogP contribution in [0.3, 0.4) is 0 Å². The number of rotatable bonds is 3. The predicted octanol–water partition coefficient (Wildman–Crippen LogP) is 4.05. The molecule has 2 aromatic rings. The first kappa shape index (κ1) is 15.6. The molecule has 2 saturated heterocycles. The fraction of sp³-hybridized carbons (Fsp3) is 0.364. The van der Waals surface area contributed by atoms with Crippen LogP contribution in [-0.2, 0) is 6.54 Å². The zero-order valence-corrected chi connectivity index (χ0v) is 14.3. The molecular formula is C22H26N2. The molecule has 2 aliphatic heterocycles. The average molecular weight is 318 g/mol. The van der Waals surface area contributed by atoms with Gasteiger partial charge in [-0.25, -0.2) is 0 Å². The molecule has 2 fully saturated rings. The van der Waals surface area contributed by atoms with Crippen LogP contribution in [0.15, 0.2) is 66.2 Å². The zero-order chi connectivity index (χ0) is 16.2. The molecule has 4 rings (SSSR count). The minimum absolute atomic E-state index is 0.732. The summed E-state index contributed by atoms with van der Waals surface area (Å²) in [5.41, 5.74) is 4.37. The van der Waals surface area contributed by atoms with Crippen LogP contribution in [0.25, 0.3) is 6.08 Å². The highest BCUT2D eigenvalue weighted by Gasteiger charge is 2.30. The van der Waals surface area contributed by atoms with E-state index in [0.29, 0.717) is 0 Å². The lowest BCUT2D eigenvalue weighted by atomic mass is 9.94. The summed E-state index contributed by atoms with van der Waals surface area (Å²) in [5, 5.41) is 0. The molecule has 0 aromatic heterocycles. The first-order valence-electron chi connectivity index (χ1n) is 9.12. The van der Waals surface area contributed by atoms with Crippen LogP contribution in [-0.4, -0.2) is 42.0 Å². The van der Waals surface area contributed by atoms with Crippen molar-refractivity contribution >= 4 is 6.08 Å². The van der Waals surface area contributed by atoms with Crippen LogP contribution in [0.2, 0.25) is 0 Å². The molecular weight excluding hydrogens is 292 g/mol. The van der Waals surface area contributed by atoms with E-state index in [2.05, 4.69) is 76.5 Å². The van der Waals surface area contributed by atoms with Gasteiger partial charge in [-0.05, 0) is 24.0 Å². The van der Waals surface area contributed by atoms with E-state index in [1.54, 1.807) is 5.57 Å². The number of piperazine rings is 1. The largest absolute Gasteiger partial charge is 0.296 e. The Labute approximate surface area is 145 Å². The summed E-state index contributed by atoms with van der Waals surface area (Å²) in [5.74, 6) is 0. The lowest BCUT2D eigenvalue weighted by molar-refractivity contribution is 0.0609. The normalized spacial score (nSPS) is 24.0. The molecule has 124 valence electrons. The second-order valence-electron chi connectivity index (χ2n) is 7.10. The standard InChI is InChI=1S/C22H26N2/c1-3-7-19(8-4-1)15-21-11-12-22-18-23(13-14-24(22)17-21)16-20-9-5-2-6-10-20/h1-10,15,22H,11-14,16-18H2/b21-15-. The maximum atomic E-state index is 2.69. The Hall–Kier alpha value is -1.90. The summed E-state index contributed by atoms with van der Waals surface area (Å²) in [7, 11) is 0. The molecule has 2 nitrogen and oxygen atoms in total. The third-order valence-electron chi connectivity index (χ3n) is 5.31. The molecule has 24 heavy (non-hydrogen) atoms. The number of benzene rings is 2. The average Bonchev–Trinajstić information content (AvgIpc) is 2.64. The van der Waals surface area contributed by atoms with E-state index in [9.17, 15) is 0 Å². The van der Waals surface area contributed by atoms with Gasteiger partial charge >= 0.3 is 0 Å². The van der Waals surface area contributed by atoms with Crippen molar-refractivity contribution in [1.29, 1.82) is 0 Å². The van der Waals surface area contributed by atoms with Crippen LogP contribution in [0.4, 0.5) is 0 Å².